The molecule has 8 aromatic rings. The first kappa shape index (κ1) is 62.7. The van der Waals surface area contributed by atoms with Gasteiger partial charge in [-0.2, -0.15) is 0 Å². The number of hydrogen-bond acceptors (Lipinski definition) is 13. The van der Waals surface area contributed by atoms with Crippen LogP contribution < -0.4 is 15.4 Å². The summed E-state index contributed by atoms with van der Waals surface area (Å²) in [6, 6.07) is 31.8. The Bertz CT molecular complexity index is 3990. The first-order chi connectivity index (χ1) is 45.9. The molecular weight excluding hydrogens is 1180 g/mol. The molecule has 4 aromatic heterocycles. The lowest BCUT2D eigenvalue weighted by molar-refractivity contribution is -0.123. The van der Waals surface area contributed by atoms with Crippen LogP contribution in [0.3, 0.4) is 0 Å². The van der Waals surface area contributed by atoms with Gasteiger partial charge in [0.1, 0.15) is 6.61 Å². The lowest BCUT2D eigenvalue weighted by atomic mass is 9.88. The van der Waals surface area contributed by atoms with Gasteiger partial charge in [0, 0.05) is 126 Å². The highest BCUT2D eigenvalue weighted by Crippen LogP contribution is 2.41. The molecule has 9 heterocycles. The lowest BCUT2D eigenvalue weighted by Gasteiger charge is -2.35. The molecule has 3 aliphatic carbocycles. The molecule has 0 radical (unpaired) electrons. The third-order valence-electron chi connectivity index (χ3n) is 21.2. The molecule has 486 valence electrons. The zero-order chi connectivity index (χ0) is 64.4. The van der Waals surface area contributed by atoms with Crippen molar-refractivity contribution in [2.75, 3.05) is 13.1 Å². The molecule has 0 spiro atoms. The Labute approximate surface area is 547 Å². The number of amides is 5. The van der Waals surface area contributed by atoms with Crippen molar-refractivity contribution in [3.05, 3.63) is 183 Å². The summed E-state index contributed by atoms with van der Waals surface area (Å²) in [6.45, 7) is 3.42. The Hall–Kier alpha value is -8.71. The van der Waals surface area contributed by atoms with Crippen LogP contribution in [0, 0.1) is 11.8 Å². The fourth-order valence-corrected chi connectivity index (χ4v) is 16.1. The molecule has 94 heavy (non-hydrogen) atoms. The molecule has 0 bridgehead atoms. The highest BCUT2D eigenvalue weighted by Gasteiger charge is 2.42. The molecule has 8 aliphatic rings. The fraction of sp³-hybridized carbons (Fsp3) is 0.434. The second kappa shape index (κ2) is 27.7. The fourth-order valence-electron chi connectivity index (χ4n) is 16.1. The van der Waals surface area contributed by atoms with Crippen LogP contribution in [0.1, 0.15) is 178 Å². The van der Waals surface area contributed by atoms with Crippen molar-refractivity contribution in [3.63, 3.8) is 0 Å². The molecule has 5 fully saturated rings. The predicted molar refractivity (Wildman–Crippen MR) is 356 cm³/mol. The van der Waals surface area contributed by atoms with Crippen LogP contribution in [0.4, 0.5) is 0 Å². The molecule has 3 saturated carbocycles. The molecule has 16 rings (SSSR count). The van der Waals surface area contributed by atoms with E-state index in [4.69, 9.17) is 4.74 Å². The van der Waals surface area contributed by atoms with Crippen LogP contribution in [0.2, 0.25) is 0 Å². The van der Waals surface area contributed by atoms with Crippen LogP contribution >= 0.6 is 0 Å². The number of ether oxygens (including phenoxy) is 1. The van der Waals surface area contributed by atoms with Crippen LogP contribution in [0.15, 0.2) is 122 Å². The minimum atomic E-state index is -0.454. The summed E-state index contributed by atoms with van der Waals surface area (Å²) >= 11 is 0. The van der Waals surface area contributed by atoms with Crippen molar-refractivity contribution < 1.29 is 44.0 Å². The number of carbonyl (C=O) groups is 5. The van der Waals surface area contributed by atoms with Crippen molar-refractivity contribution >= 4 is 62.2 Å². The van der Waals surface area contributed by atoms with Gasteiger partial charge in [-0.3, -0.25) is 38.9 Å². The molecule has 2 unspecified atom stereocenters. The van der Waals surface area contributed by atoms with E-state index in [1.54, 1.807) is 18.6 Å². The molecule has 4 aromatic carbocycles. The smallest absolute Gasteiger partial charge is 0.254 e. The van der Waals surface area contributed by atoms with Crippen LogP contribution in [0.5, 0.6) is 5.88 Å². The van der Waals surface area contributed by atoms with E-state index in [9.17, 15) is 39.3 Å². The molecule has 2 saturated heterocycles. The van der Waals surface area contributed by atoms with Gasteiger partial charge in [0.2, 0.25) is 17.7 Å². The van der Waals surface area contributed by atoms with Gasteiger partial charge in [-0.15, -0.1) is 0 Å². The second-order valence-electron chi connectivity index (χ2n) is 27.2. The third-order valence-corrected chi connectivity index (χ3v) is 21.2. The van der Waals surface area contributed by atoms with E-state index < -0.39 is 18.3 Å². The Kier molecular flexibility index (Phi) is 18.5. The quantitative estimate of drug-likeness (QED) is 0.0766. The minimum absolute atomic E-state index is 0.00698. The molecule has 5 N–H and O–H groups in total. The molecular formula is C76H83N9O9. The first-order valence-electron chi connectivity index (χ1n) is 34.2. The van der Waals surface area contributed by atoms with Crippen LogP contribution in [-0.4, -0.2) is 129 Å². The third kappa shape index (κ3) is 13.0. The van der Waals surface area contributed by atoms with E-state index in [-0.39, 0.29) is 47.7 Å². The monoisotopic (exact) mass is 1270 g/mol. The summed E-state index contributed by atoms with van der Waals surface area (Å²) in [5, 5.41) is 40.7. The minimum Gasteiger partial charge on any atom is -0.473 e. The Morgan fingerprint density at radius 2 is 0.862 bits per heavy atom. The Morgan fingerprint density at radius 1 is 0.447 bits per heavy atom. The summed E-state index contributed by atoms with van der Waals surface area (Å²) in [6.07, 6.45) is 22.1. The summed E-state index contributed by atoms with van der Waals surface area (Å²) in [5.74, 6) is 1.64. The van der Waals surface area contributed by atoms with Crippen molar-refractivity contribution in [2.24, 2.45) is 11.8 Å². The van der Waals surface area contributed by atoms with Gasteiger partial charge in [0.25, 0.3) is 17.7 Å². The SMILES string of the molecule is O=C1CCC(Cc2cc3c(c4ncccc24)CN([C@H]2CCCC[C@@H]2O)C3=O)CN1.O=C1CCC(Cc2cc3c(c4ncccc24)CN([C@H]2CCCC[C@@H]2O)C3=O)CN1.O=C1c2cc(Cc3ccc(OCc4ccccc4)nc3)c3cccnc3c2CN1[C@H]1CCCC[C@@H]1O. The molecule has 8 atom stereocenters. The molecule has 18 nitrogen and oxygen atoms in total. The number of pyridine rings is 4. The van der Waals surface area contributed by atoms with Crippen molar-refractivity contribution in [1.82, 2.24) is 45.3 Å². The maximum atomic E-state index is 13.5. The number of nitrogens with one attached hydrogen (secondary N) is 2. The first-order valence-corrected chi connectivity index (χ1v) is 34.2. The molecule has 5 aliphatic heterocycles. The van der Waals surface area contributed by atoms with Gasteiger partial charge in [-0.1, -0.05) is 93.1 Å². The average Bonchev–Trinajstić information content (AvgIpc) is 1.57. The van der Waals surface area contributed by atoms with Crippen LogP contribution in [-0.2, 0) is 55.1 Å². The number of rotatable bonds is 12. The number of carbonyl (C=O) groups excluding carboxylic acids is 5. The number of hydrogen-bond donors (Lipinski definition) is 5. The highest BCUT2D eigenvalue weighted by atomic mass is 16.5. The largest absolute Gasteiger partial charge is 0.473 e. The zero-order valence-corrected chi connectivity index (χ0v) is 53.3. The van der Waals surface area contributed by atoms with Gasteiger partial charge in [0.05, 0.1) is 53.0 Å². The Morgan fingerprint density at radius 3 is 1.26 bits per heavy atom. The number of fused-ring (bicyclic) bond motifs is 9. The normalized spacial score (nSPS) is 24.2. The zero-order valence-electron chi connectivity index (χ0n) is 53.3. The van der Waals surface area contributed by atoms with E-state index in [0.717, 1.165) is 191 Å². The summed E-state index contributed by atoms with van der Waals surface area (Å²) in [7, 11) is 0. The standard InChI is InChI=1S/C30H29N3O3.2C23H27N3O3/c34-27-11-5-4-10-26(27)33-18-25-24(30(33)35)16-22(23-9-6-14-31-29(23)25)15-21-12-13-28(32-17-21)36-19-20-7-2-1-3-8-20;2*27-20-6-2-1-5-19(20)26-13-18-17(23(26)29)11-15(16-4-3-9-24-22(16)18)10-14-7-8-21(28)25-12-14/h1-3,6-9,12-14,16-17,26-27,34H,4-5,10-11,15,18-19H2;2*3-4,9,11,14,19-20,27H,1-2,5-8,10,12-13H2,(H,25,28)/t26-,27-;2*14?,19-,20-/m000/s1. The van der Waals surface area contributed by atoms with E-state index >= 15 is 0 Å². The van der Waals surface area contributed by atoms with Gasteiger partial charge in [0.15, 0.2) is 0 Å². The maximum Gasteiger partial charge on any atom is 0.254 e. The van der Waals surface area contributed by atoms with E-state index in [0.29, 0.717) is 81.9 Å². The molecule has 5 amide bonds. The summed E-state index contributed by atoms with van der Waals surface area (Å²) in [5.41, 5.74) is 13.3. The van der Waals surface area contributed by atoms with E-state index in [1.165, 1.54) is 0 Å². The maximum absolute atomic E-state index is 13.5. The highest BCUT2D eigenvalue weighted by molar-refractivity contribution is 6.06. The number of nitrogens with zero attached hydrogens (tertiary/aromatic N) is 7. The van der Waals surface area contributed by atoms with E-state index in [1.807, 2.05) is 99.8 Å². The Balaban J connectivity index is 0.000000123. The van der Waals surface area contributed by atoms with Gasteiger partial charge < -0.3 is 45.4 Å². The number of aromatic nitrogens is 4. The van der Waals surface area contributed by atoms with E-state index in [2.05, 4.69) is 48.8 Å². The van der Waals surface area contributed by atoms with Crippen LogP contribution in [0.25, 0.3) is 32.7 Å². The van der Waals surface area contributed by atoms with Gasteiger partial charge >= 0.3 is 0 Å². The predicted octanol–water partition coefficient (Wildman–Crippen LogP) is 10.2. The number of piperidine rings is 2. The summed E-state index contributed by atoms with van der Waals surface area (Å²) < 4.78 is 5.83. The lowest BCUT2D eigenvalue weighted by Crippen LogP contribution is -2.45. The number of benzene rings is 4. The van der Waals surface area contributed by atoms with Crippen molar-refractivity contribution in [3.8, 4) is 5.88 Å². The summed E-state index contributed by atoms with van der Waals surface area (Å²) in [4.78, 5) is 87.1. The van der Waals surface area contributed by atoms with Gasteiger partial charge in [-0.25, -0.2) is 4.98 Å². The number of aliphatic hydroxyl groups is 3. The average molecular weight is 1270 g/mol. The molecule has 18 heteroatoms. The number of aliphatic hydroxyl groups excluding tert-OH is 3. The topological polar surface area (TPSA) is 241 Å². The van der Waals surface area contributed by atoms with Crippen molar-refractivity contribution in [1.29, 1.82) is 0 Å². The second-order valence-corrected chi connectivity index (χ2v) is 27.2. The van der Waals surface area contributed by atoms with Gasteiger partial charge in [-0.05, 0) is 147 Å². The van der Waals surface area contributed by atoms with Crippen molar-refractivity contribution in [2.45, 2.75) is 185 Å².